The van der Waals surface area contributed by atoms with Gasteiger partial charge in [-0.2, -0.15) is 13.2 Å². The number of alkyl halides is 3. The van der Waals surface area contributed by atoms with Crippen molar-refractivity contribution in [3.63, 3.8) is 0 Å². The monoisotopic (exact) mass is 413 g/mol. The van der Waals surface area contributed by atoms with Gasteiger partial charge in [-0.25, -0.2) is 9.97 Å². The molecule has 0 aliphatic carbocycles. The highest BCUT2D eigenvalue weighted by Crippen LogP contribution is 2.33. The van der Waals surface area contributed by atoms with E-state index >= 15 is 0 Å². The van der Waals surface area contributed by atoms with E-state index in [-0.39, 0.29) is 17.3 Å². The van der Waals surface area contributed by atoms with Gasteiger partial charge >= 0.3 is 6.18 Å². The molecule has 0 unspecified atom stereocenters. The van der Waals surface area contributed by atoms with Crippen LogP contribution in [0.5, 0.6) is 0 Å². The van der Waals surface area contributed by atoms with Crippen molar-refractivity contribution in [2.45, 2.75) is 6.18 Å². The van der Waals surface area contributed by atoms with Gasteiger partial charge in [-0.3, -0.25) is 0 Å². The average molecular weight is 414 g/mol. The summed E-state index contributed by atoms with van der Waals surface area (Å²) in [5.74, 6) is 0.515. The Morgan fingerprint density at radius 2 is 1.52 bits per heavy atom. The third-order valence-electron chi connectivity index (χ3n) is 3.54. The lowest BCUT2D eigenvalue weighted by atomic mass is 10.2. The first-order valence-corrected chi connectivity index (χ1v) is 8.26. The number of halogens is 5. The number of nitrogen functional groups attached to an aromatic ring is 1. The fraction of sp³-hybridized carbons (Fsp3) is 0.0588. The molecule has 10 heteroatoms. The predicted octanol–water partition coefficient (Wildman–Crippen LogP) is 5.87. The summed E-state index contributed by atoms with van der Waals surface area (Å²) in [7, 11) is 0. The van der Waals surface area contributed by atoms with Crippen LogP contribution in [0.25, 0.3) is 0 Å². The zero-order valence-corrected chi connectivity index (χ0v) is 15.0. The molecule has 1 aromatic heterocycles. The largest absolute Gasteiger partial charge is 0.416 e. The smallest absolute Gasteiger partial charge is 0.393 e. The van der Waals surface area contributed by atoms with Crippen LogP contribution in [0.4, 0.5) is 41.9 Å². The van der Waals surface area contributed by atoms with E-state index in [1.807, 2.05) is 0 Å². The second-order valence-corrected chi connectivity index (χ2v) is 6.28. The minimum atomic E-state index is -4.40. The maximum Gasteiger partial charge on any atom is 0.416 e. The predicted molar refractivity (Wildman–Crippen MR) is 101 cm³/mol. The van der Waals surface area contributed by atoms with Gasteiger partial charge < -0.3 is 16.4 Å². The number of rotatable bonds is 4. The van der Waals surface area contributed by atoms with E-state index in [0.717, 1.165) is 12.1 Å². The Labute approximate surface area is 162 Å². The topological polar surface area (TPSA) is 75.9 Å². The molecular weight excluding hydrogens is 402 g/mol. The number of hydrogen-bond donors (Lipinski definition) is 3. The SMILES string of the molecule is Nc1c(Nc2ccc(C(F)(F)F)cc2)ncnc1Nc1ccc(Cl)cc1Cl. The van der Waals surface area contributed by atoms with Crippen LogP contribution in [-0.4, -0.2) is 9.97 Å². The van der Waals surface area contributed by atoms with Gasteiger partial charge in [0.15, 0.2) is 11.6 Å². The van der Waals surface area contributed by atoms with Crippen LogP contribution in [0.15, 0.2) is 48.8 Å². The Balaban J connectivity index is 1.82. The third-order valence-corrected chi connectivity index (χ3v) is 4.09. The van der Waals surface area contributed by atoms with E-state index < -0.39 is 11.7 Å². The molecule has 0 bridgehead atoms. The lowest BCUT2D eigenvalue weighted by molar-refractivity contribution is -0.137. The highest BCUT2D eigenvalue weighted by Gasteiger charge is 2.29. The molecule has 0 saturated heterocycles. The van der Waals surface area contributed by atoms with Gasteiger partial charge in [0.1, 0.15) is 12.0 Å². The van der Waals surface area contributed by atoms with Crippen LogP contribution in [0.1, 0.15) is 5.56 Å². The number of hydrogen-bond acceptors (Lipinski definition) is 5. The van der Waals surface area contributed by atoms with Crippen LogP contribution in [0, 0.1) is 0 Å². The summed E-state index contributed by atoms with van der Waals surface area (Å²) in [4.78, 5) is 8.08. The number of anilines is 5. The second-order valence-electron chi connectivity index (χ2n) is 5.43. The quantitative estimate of drug-likeness (QED) is 0.498. The minimum absolute atomic E-state index is 0.170. The summed E-state index contributed by atoms with van der Waals surface area (Å²) >= 11 is 12.0. The molecule has 0 aliphatic heterocycles. The third kappa shape index (κ3) is 4.53. The molecule has 1 heterocycles. The van der Waals surface area contributed by atoms with Crippen LogP contribution < -0.4 is 16.4 Å². The normalized spacial score (nSPS) is 11.3. The molecule has 0 saturated carbocycles. The highest BCUT2D eigenvalue weighted by molar-refractivity contribution is 6.36. The molecule has 3 aromatic rings. The first kappa shape index (κ1) is 19.1. The van der Waals surface area contributed by atoms with Crippen LogP contribution in [-0.2, 0) is 6.18 Å². The molecule has 27 heavy (non-hydrogen) atoms. The van der Waals surface area contributed by atoms with E-state index in [0.29, 0.717) is 21.4 Å². The Kier molecular flexibility index (Phi) is 5.29. The van der Waals surface area contributed by atoms with E-state index in [1.165, 1.54) is 18.5 Å². The average Bonchev–Trinajstić information content (AvgIpc) is 2.60. The summed E-state index contributed by atoms with van der Waals surface area (Å²) in [6.07, 6.45) is -3.14. The number of nitrogens with zero attached hydrogens (tertiary/aromatic N) is 2. The number of nitrogens with two attached hydrogens (primary N) is 1. The van der Waals surface area contributed by atoms with Gasteiger partial charge in [-0.15, -0.1) is 0 Å². The Hall–Kier alpha value is -2.71. The van der Waals surface area contributed by atoms with Gasteiger partial charge in [0.2, 0.25) is 0 Å². The highest BCUT2D eigenvalue weighted by atomic mass is 35.5. The van der Waals surface area contributed by atoms with Crippen molar-refractivity contribution in [2.75, 3.05) is 16.4 Å². The molecule has 0 radical (unpaired) electrons. The van der Waals surface area contributed by atoms with Gasteiger partial charge in [0.05, 0.1) is 16.3 Å². The van der Waals surface area contributed by atoms with Gasteiger partial charge in [-0.1, -0.05) is 23.2 Å². The molecule has 2 aromatic carbocycles. The zero-order chi connectivity index (χ0) is 19.6. The maximum atomic E-state index is 12.6. The Morgan fingerprint density at radius 1 is 0.889 bits per heavy atom. The van der Waals surface area contributed by atoms with Crippen LogP contribution in [0.3, 0.4) is 0 Å². The van der Waals surface area contributed by atoms with Crippen LogP contribution >= 0.6 is 23.2 Å². The molecule has 0 atom stereocenters. The fourth-order valence-electron chi connectivity index (χ4n) is 2.19. The summed E-state index contributed by atoms with van der Waals surface area (Å²) in [6.45, 7) is 0. The molecular formula is C17H12Cl2F3N5. The van der Waals surface area contributed by atoms with E-state index in [1.54, 1.807) is 18.2 Å². The van der Waals surface area contributed by atoms with Gasteiger partial charge in [0.25, 0.3) is 0 Å². The standard InChI is InChI=1S/C17H12Cl2F3N5/c18-10-3-6-13(12(19)7-10)27-16-14(23)15(24-8-25-16)26-11-4-1-9(2-5-11)17(20,21)22/h1-8H,23H2,(H2,24,25,26,27). The Morgan fingerprint density at radius 3 is 2.11 bits per heavy atom. The fourth-order valence-corrected chi connectivity index (χ4v) is 2.65. The molecule has 0 aliphatic rings. The van der Waals surface area contributed by atoms with Crippen molar-refractivity contribution in [2.24, 2.45) is 0 Å². The van der Waals surface area contributed by atoms with E-state index in [4.69, 9.17) is 28.9 Å². The Bertz CT molecular complexity index is 962. The van der Waals surface area contributed by atoms with Crippen LogP contribution in [0.2, 0.25) is 10.0 Å². The van der Waals surface area contributed by atoms with Crippen molar-refractivity contribution >= 4 is 51.9 Å². The van der Waals surface area contributed by atoms with Gasteiger partial charge in [0, 0.05) is 10.7 Å². The summed E-state index contributed by atoms with van der Waals surface area (Å²) in [5, 5.41) is 6.68. The zero-order valence-electron chi connectivity index (χ0n) is 13.5. The molecule has 4 N–H and O–H groups in total. The first-order chi connectivity index (χ1) is 12.7. The summed E-state index contributed by atoms with van der Waals surface area (Å²) in [6, 6.07) is 9.37. The van der Waals surface area contributed by atoms with Crippen molar-refractivity contribution in [3.8, 4) is 0 Å². The number of benzene rings is 2. The second kappa shape index (κ2) is 7.50. The maximum absolute atomic E-state index is 12.6. The molecule has 5 nitrogen and oxygen atoms in total. The molecule has 0 amide bonds. The van der Waals surface area contributed by atoms with Crippen molar-refractivity contribution in [1.29, 1.82) is 0 Å². The molecule has 0 spiro atoms. The summed E-state index contributed by atoms with van der Waals surface area (Å²) in [5.41, 5.74) is 6.41. The molecule has 3 rings (SSSR count). The lowest BCUT2D eigenvalue weighted by Crippen LogP contribution is -2.06. The summed E-state index contributed by atoms with van der Waals surface area (Å²) < 4.78 is 37.9. The minimum Gasteiger partial charge on any atom is -0.393 e. The van der Waals surface area contributed by atoms with Crippen molar-refractivity contribution in [3.05, 3.63) is 64.4 Å². The van der Waals surface area contributed by atoms with Crippen molar-refractivity contribution < 1.29 is 13.2 Å². The number of aromatic nitrogens is 2. The van der Waals surface area contributed by atoms with E-state index in [2.05, 4.69) is 20.6 Å². The van der Waals surface area contributed by atoms with Crippen molar-refractivity contribution in [1.82, 2.24) is 9.97 Å². The first-order valence-electron chi connectivity index (χ1n) is 7.51. The van der Waals surface area contributed by atoms with Gasteiger partial charge in [-0.05, 0) is 42.5 Å². The lowest BCUT2D eigenvalue weighted by Gasteiger charge is -2.14. The number of nitrogens with one attached hydrogen (secondary N) is 2. The molecule has 0 fully saturated rings. The molecule has 140 valence electrons. The van der Waals surface area contributed by atoms with E-state index in [9.17, 15) is 13.2 Å².